The summed E-state index contributed by atoms with van der Waals surface area (Å²) in [6.07, 6.45) is -1.32. The highest BCUT2D eigenvalue weighted by Gasteiger charge is 2.32. The molecule has 1 aromatic heterocycles. The van der Waals surface area contributed by atoms with Crippen molar-refractivity contribution in [3.8, 4) is 0 Å². The Morgan fingerprint density at radius 1 is 1.30 bits per heavy atom. The first kappa shape index (κ1) is 19.6. The van der Waals surface area contributed by atoms with E-state index in [1.165, 1.54) is 0 Å². The van der Waals surface area contributed by atoms with E-state index in [0.717, 1.165) is 43.9 Å². The lowest BCUT2D eigenvalue weighted by Gasteiger charge is -2.28. The van der Waals surface area contributed by atoms with Crippen molar-refractivity contribution in [2.75, 3.05) is 0 Å². The van der Waals surface area contributed by atoms with E-state index < -0.39 is 17.6 Å². The Hall–Kier alpha value is -2.16. The third-order valence-corrected chi connectivity index (χ3v) is 5.02. The van der Waals surface area contributed by atoms with Gasteiger partial charge in [0.1, 0.15) is 0 Å². The summed E-state index contributed by atoms with van der Waals surface area (Å²) >= 11 is 5.92. The highest BCUT2D eigenvalue weighted by molar-refractivity contribution is 6.33. The minimum atomic E-state index is -4.52. The normalized spacial score (nSPS) is 20.5. The zero-order valence-electron chi connectivity index (χ0n) is 14.6. The predicted octanol–water partition coefficient (Wildman–Crippen LogP) is 3.64. The summed E-state index contributed by atoms with van der Waals surface area (Å²) in [5.41, 5.74) is -1.05. The number of halogens is 4. The van der Waals surface area contributed by atoms with Crippen molar-refractivity contribution < 1.29 is 18.0 Å². The third kappa shape index (κ3) is 4.97. The standard InChI is InChI=1S/C17H19ClF3N5O/c1-10-23-25-26(24-10)9-11-2-5-13(6-3-11)22-16(27)14-8-12(17(19,20)21)4-7-15(14)18/h4,7-8,11,13H,2-3,5-6,9H2,1H3,(H,22,27). The van der Waals surface area contributed by atoms with Crippen LogP contribution in [0.25, 0.3) is 0 Å². The van der Waals surface area contributed by atoms with E-state index in [4.69, 9.17) is 11.6 Å². The van der Waals surface area contributed by atoms with E-state index in [0.29, 0.717) is 18.3 Å². The minimum Gasteiger partial charge on any atom is -0.349 e. The van der Waals surface area contributed by atoms with Crippen LogP contribution in [-0.4, -0.2) is 32.2 Å². The quantitative estimate of drug-likeness (QED) is 0.848. The smallest absolute Gasteiger partial charge is 0.349 e. The van der Waals surface area contributed by atoms with E-state index in [9.17, 15) is 18.0 Å². The number of amides is 1. The Kier molecular flexibility index (Phi) is 5.69. The van der Waals surface area contributed by atoms with E-state index in [2.05, 4.69) is 20.7 Å². The number of alkyl halides is 3. The maximum absolute atomic E-state index is 12.9. The van der Waals surface area contributed by atoms with Crippen molar-refractivity contribution in [2.45, 2.75) is 51.4 Å². The molecule has 1 aliphatic carbocycles. The number of rotatable bonds is 4. The average molecular weight is 402 g/mol. The molecule has 0 radical (unpaired) electrons. The number of tetrazole rings is 1. The van der Waals surface area contributed by atoms with Gasteiger partial charge in [0.15, 0.2) is 5.82 Å². The average Bonchev–Trinajstić information content (AvgIpc) is 3.01. The molecule has 27 heavy (non-hydrogen) atoms. The molecule has 1 heterocycles. The van der Waals surface area contributed by atoms with Gasteiger partial charge in [-0.15, -0.1) is 10.2 Å². The summed E-state index contributed by atoms with van der Waals surface area (Å²) in [5.74, 6) is 0.418. The van der Waals surface area contributed by atoms with Crippen LogP contribution in [0, 0.1) is 12.8 Å². The molecular formula is C17H19ClF3N5O. The topological polar surface area (TPSA) is 72.7 Å². The number of hydrogen-bond donors (Lipinski definition) is 1. The fourth-order valence-corrected chi connectivity index (χ4v) is 3.46. The second-order valence-electron chi connectivity index (χ2n) is 6.78. The fraction of sp³-hybridized carbons (Fsp3) is 0.529. The largest absolute Gasteiger partial charge is 0.416 e. The van der Waals surface area contributed by atoms with Crippen LogP contribution in [0.3, 0.4) is 0 Å². The van der Waals surface area contributed by atoms with Crippen LogP contribution in [0.1, 0.15) is 47.4 Å². The maximum Gasteiger partial charge on any atom is 0.416 e. The van der Waals surface area contributed by atoms with Gasteiger partial charge in [0.25, 0.3) is 5.91 Å². The Morgan fingerprint density at radius 3 is 2.59 bits per heavy atom. The van der Waals surface area contributed by atoms with E-state index in [1.807, 2.05) is 0 Å². The van der Waals surface area contributed by atoms with Crippen molar-refractivity contribution >= 4 is 17.5 Å². The molecule has 10 heteroatoms. The van der Waals surface area contributed by atoms with Crippen LogP contribution >= 0.6 is 11.6 Å². The zero-order chi connectivity index (χ0) is 19.6. The molecule has 1 amide bonds. The molecule has 146 valence electrons. The second-order valence-corrected chi connectivity index (χ2v) is 7.18. The molecule has 0 unspecified atom stereocenters. The Balaban J connectivity index is 1.56. The summed E-state index contributed by atoms with van der Waals surface area (Å²) in [7, 11) is 0. The fourth-order valence-electron chi connectivity index (χ4n) is 3.26. The van der Waals surface area contributed by atoms with Crippen molar-refractivity contribution in [1.82, 2.24) is 25.5 Å². The molecule has 1 saturated carbocycles. The lowest BCUT2D eigenvalue weighted by atomic mass is 9.86. The monoisotopic (exact) mass is 401 g/mol. The van der Waals surface area contributed by atoms with Gasteiger partial charge in [-0.25, -0.2) is 0 Å². The van der Waals surface area contributed by atoms with Crippen molar-refractivity contribution in [2.24, 2.45) is 5.92 Å². The van der Waals surface area contributed by atoms with Crippen LogP contribution in [-0.2, 0) is 12.7 Å². The molecule has 1 N–H and O–H groups in total. The van der Waals surface area contributed by atoms with Crippen LogP contribution in [0.2, 0.25) is 5.02 Å². The van der Waals surface area contributed by atoms with Crippen LogP contribution in [0.4, 0.5) is 13.2 Å². The summed E-state index contributed by atoms with van der Waals surface area (Å²) in [6, 6.07) is 2.67. The molecule has 3 rings (SSSR count). The highest BCUT2D eigenvalue weighted by atomic mass is 35.5. The number of hydrogen-bond acceptors (Lipinski definition) is 4. The number of nitrogens with one attached hydrogen (secondary N) is 1. The lowest BCUT2D eigenvalue weighted by Crippen LogP contribution is -2.38. The van der Waals surface area contributed by atoms with Gasteiger partial charge in [-0.1, -0.05) is 11.6 Å². The first-order chi connectivity index (χ1) is 12.7. The third-order valence-electron chi connectivity index (χ3n) is 4.69. The minimum absolute atomic E-state index is 0.00168. The molecule has 1 fully saturated rings. The molecule has 6 nitrogen and oxygen atoms in total. The molecule has 1 aliphatic rings. The van der Waals surface area contributed by atoms with Crippen molar-refractivity contribution in [3.63, 3.8) is 0 Å². The first-order valence-corrected chi connectivity index (χ1v) is 9.02. The van der Waals surface area contributed by atoms with E-state index in [-0.39, 0.29) is 16.6 Å². The van der Waals surface area contributed by atoms with Crippen molar-refractivity contribution in [1.29, 1.82) is 0 Å². The van der Waals surface area contributed by atoms with Crippen LogP contribution in [0.5, 0.6) is 0 Å². The predicted molar refractivity (Wildman–Crippen MR) is 92.2 cm³/mol. The van der Waals surface area contributed by atoms with Gasteiger partial charge in [-0.05, 0) is 61.9 Å². The van der Waals surface area contributed by atoms with E-state index in [1.54, 1.807) is 11.7 Å². The number of aromatic nitrogens is 4. The lowest BCUT2D eigenvalue weighted by molar-refractivity contribution is -0.137. The number of carbonyl (C=O) groups is 1. The van der Waals surface area contributed by atoms with Gasteiger partial charge in [0.05, 0.1) is 22.7 Å². The zero-order valence-corrected chi connectivity index (χ0v) is 15.4. The number of nitrogens with zero attached hydrogens (tertiary/aromatic N) is 4. The van der Waals surface area contributed by atoms with Gasteiger partial charge < -0.3 is 5.32 Å². The van der Waals surface area contributed by atoms with Gasteiger partial charge in [0.2, 0.25) is 0 Å². The summed E-state index contributed by atoms with van der Waals surface area (Å²) < 4.78 is 38.6. The molecule has 2 aromatic rings. The molecule has 0 saturated heterocycles. The second kappa shape index (κ2) is 7.84. The molecule has 1 aromatic carbocycles. The molecule has 0 spiro atoms. The summed E-state index contributed by atoms with van der Waals surface area (Å²) in [5, 5.41) is 14.8. The molecular weight excluding hydrogens is 383 g/mol. The van der Waals surface area contributed by atoms with Crippen molar-refractivity contribution in [3.05, 3.63) is 40.2 Å². The molecule has 0 aliphatic heterocycles. The number of aryl methyl sites for hydroxylation is 1. The van der Waals surface area contributed by atoms with Gasteiger partial charge in [-0.3, -0.25) is 4.79 Å². The van der Waals surface area contributed by atoms with Crippen LogP contribution < -0.4 is 5.32 Å². The highest BCUT2D eigenvalue weighted by Crippen LogP contribution is 2.32. The first-order valence-electron chi connectivity index (χ1n) is 8.64. The Bertz CT molecular complexity index is 815. The Morgan fingerprint density at radius 2 is 2.00 bits per heavy atom. The molecule has 0 atom stereocenters. The summed E-state index contributed by atoms with van der Waals surface area (Å²) in [6.45, 7) is 2.44. The number of carbonyl (C=O) groups excluding carboxylic acids is 1. The van der Waals surface area contributed by atoms with Gasteiger partial charge in [0, 0.05) is 6.04 Å². The Labute approximate surface area is 159 Å². The maximum atomic E-state index is 12.9. The van der Waals surface area contributed by atoms with Gasteiger partial charge in [-0.2, -0.15) is 18.0 Å². The van der Waals surface area contributed by atoms with Gasteiger partial charge >= 0.3 is 6.18 Å². The van der Waals surface area contributed by atoms with E-state index >= 15 is 0 Å². The summed E-state index contributed by atoms with van der Waals surface area (Å²) in [4.78, 5) is 14.0. The number of benzene rings is 1. The SMILES string of the molecule is Cc1nnn(CC2CCC(NC(=O)c3cc(C(F)(F)F)ccc3Cl)CC2)n1. The van der Waals surface area contributed by atoms with Crippen LogP contribution in [0.15, 0.2) is 18.2 Å². The molecule has 0 bridgehead atoms.